The lowest BCUT2D eigenvalue weighted by atomic mass is 9.87. The summed E-state index contributed by atoms with van der Waals surface area (Å²) in [5.74, 6) is -2.73. The molecular formula is C28H31IO10. The molecule has 0 saturated heterocycles. The number of ether oxygens (including phenoxy) is 6. The summed E-state index contributed by atoms with van der Waals surface area (Å²) in [5, 5.41) is 0. The third-order valence-electron chi connectivity index (χ3n) is 5.80. The smallest absolute Gasteiger partial charge is 0.345 e. The number of esters is 3. The molecule has 2 aromatic carbocycles. The number of carbonyl (C=O) groups excluding carboxylic acids is 4. The summed E-state index contributed by atoms with van der Waals surface area (Å²) in [5.41, 5.74) is 1.38. The zero-order chi connectivity index (χ0) is 29.1. The predicted octanol–water partition coefficient (Wildman–Crippen LogP) is 3.98. The highest BCUT2D eigenvalue weighted by atomic mass is 127. The lowest BCUT2D eigenvalue weighted by Gasteiger charge is -2.21. The second kappa shape index (κ2) is 15.1. The second-order valence-corrected chi connectivity index (χ2v) is 9.14. The fourth-order valence-corrected chi connectivity index (χ4v) is 4.79. The van der Waals surface area contributed by atoms with Gasteiger partial charge in [-0.3, -0.25) is 14.4 Å². The molecule has 1 atom stereocenters. The van der Waals surface area contributed by atoms with Gasteiger partial charge in [0.25, 0.3) is 0 Å². The topological polar surface area (TPSA) is 124 Å². The first-order chi connectivity index (χ1) is 18.6. The van der Waals surface area contributed by atoms with Gasteiger partial charge in [-0.05, 0) is 53.1 Å². The minimum Gasteiger partial charge on any atom is -0.496 e. The quantitative estimate of drug-likeness (QED) is 0.0783. The molecule has 10 nitrogen and oxygen atoms in total. The molecule has 210 valence electrons. The molecule has 0 bridgehead atoms. The molecule has 2 aromatic rings. The summed E-state index contributed by atoms with van der Waals surface area (Å²) in [7, 11) is 6.70. The average Bonchev–Trinajstić information content (AvgIpc) is 2.94. The van der Waals surface area contributed by atoms with E-state index >= 15 is 0 Å². The monoisotopic (exact) mass is 654 g/mol. The van der Waals surface area contributed by atoms with Crippen LogP contribution in [0.5, 0.6) is 17.2 Å². The van der Waals surface area contributed by atoms with Crippen LogP contribution in [0.4, 0.5) is 0 Å². The number of Topliss-reactive ketones (excluding diaryl/α,β-unsaturated/α-hetero) is 1. The van der Waals surface area contributed by atoms with E-state index in [0.29, 0.717) is 26.0 Å². The minimum absolute atomic E-state index is 0.0462. The molecule has 0 aliphatic carbocycles. The predicted molar refractivity (Wildman–Crippen MR) is 150 cm³/mol. The Hall–Kier alpha value is -3.61. The summed E-state index contributed by atoms with van der Waals surface area (Å²) >= 11 is 2.00. The van der Waals surface area contributed by atoms with Crippen LogP contribution in [0.3, 0.4) is 0 Å². The van der Waals surface area contributed by atoms with E-state index in [9.17, 15) is 19.2 Å². The maximum atomic E-state index is 13.7. The number of hydrogen-bond acceptors (Lipinski definition) is 10. The van der Waals surface area contributed by atoms with Gasteiger partial charge in [0.1, 0.15) is 35.3 Å². The standard InChI is InChI=1S/C28H31IO10/c1-16(30)39-13-8-7-10-18-17(15-22(35-3)23(26(18)36-4)28(33)38-6)14-20(27(32)37-5)25(31)19-11-9-12-21(34-2)24(19)29/h7-9,11-12,15,20H,10,13-14H2,1-6H3/b8-7+. The Morgan fingerprint density at radius 1 is 0.923 bits per heavy atom. The number of hydrogen-bond donors (Lipinski definition) is 0. The average molecular weight is 654 g/mol. The largest absolute Gasteiger partial charge is 0.496 e. The van der Waals surface area contributed by atoms with Crippen LogP contribution in [0.1, 0.15) is 38.8 Å². The molecule has 0 spiro atoms. The highest BCUT2D eigenvalue weighted by Gasteiger charge is 2.33. The van der Waals surface area contributed by atoms with Crippen LogP contribution < -0.4 is 14.2 Å². The first kappa shape index (κ1) is 31.6. The molecule has 1 unspecified atom stereocenters. The molecule has 39 heavy (non-hydrogen) atoms. The van der Waals surface area contributed by atoms with E-state index in [4.69, 9.17) is 28.4 Å². The van der Waals surface area contributed by atoms with Gasteiger partial charge in [0.15, 0.2) is 5.78 Å². The van der Waals surface area contributed by atoms with Crippen molar-refractivity contribution < 1.29 is 47.6 Å². The van der Waals surface area contributed by atoms with Crippen LogP contribution in [-0.4, -0.2) is 65.8 Å². The van der Waals surface area contributed by atoms with Gasteiger partial charge in [0.05, 0.1) is 39.1 Å². The summed E-state index contributed by atoms with van der Waals surface area (Å²) < 4.78 is 31.8. The van der Waals surface area contributed by atoms with Crippen LogP contribution in [0, 0.1) is 9.49 Å². The van der Waals surface area contributed by atoms with E-state index in [-0.39, 0.29) is 36.5 Å². The lowest BCUT2D eigenvalue weighted by molar-refractivity contribution is -0.143. The van der Waals surface area contributed by atoms with E-state index in [1.54, 1.807) is 36.4 Å². The molecule has 0 radical (unpaired) electrons. The van der Waals surface area contributed by atoms with Gasteiger partial charge in [-0.1, -0.05) is 24.3 Å². The Labute approximate surface area is 240 Å². The number of rotatable bonds is 13. The third kappa shape index (κ3) is 7.71. The number of carbonyl (C=O) groups is 4. The Morgan fingerprint density at radius 3 is 2.18 bits per heavy atom. The highest BCUT2D eigenvalue weighted by molar-refractivity contribution is 14.1. The lowest BCUT2D eigenvalue weighted by Crippen LogP contribution is -2.29. The summed E-state index contributed by atoms with van der Waals surface area (Å²) in [6.07, 6.45) is 3.48. The van der Waals surface area contributed by atoms with Crippen LogP contribution >= 0.6 is 22.6 Å². The van der Waals surface area contributed by atoms with Crippen LogP contribution in [-0.2, 0) is 36.6 Å². The number of ketones is 1. The number of allylic oxidation sites excluding steroid dienone is 1. The van der Waals surface area contributed by atoms with E-state index in [2.05, 4.69) is 0 Å². The molecule has 11 heteroatoms. The molecule has 2 rings (SSSR count). The van der Waals surface area contributed by atoms with Crippen molar-refractivity contribution in [3.05, 3.63) is 62.2 Å². The number of halogens is 1. The van der Waals surface area contributed by atoms with Crippen molar-refractivity contribution in [2.75, 3.05) is 42.2 Å². The van der Waals surface area contributed by atoms with Gasteiger partial charge in [0.2, 0.25) is 0 Å². The Kier molecular flexibility index (Phi) is 12.2. The van der Waals surface area contributed by atoms with Crippen molar-refractivity contribution in [3.63, 3.8) is 0 Å². The van der Waals surface area contributed by atoms with Crippen LogP contribution in [0.25, 0.3) is 0 Å². The van der Waals surface area contributed by atoms with E-state index < -0.39 is 29.6 Å². The first-order valence-corrected chi connectivity index (χ1v) is 12.8. The second-order valence-electron chi connectivity index (χ2n) is 8.06. The summed E-state index contributed by atoms with van der Waals surface area (Å²) in [4.78, 5) is 50.4. The minimum atomic E-state index is -1.22. The van der Waals surface area contributed by atoms with E-state index in [0.717, 1.165) is 0 Å². The van der Waals surface area contributed by atoms with Crippen molar-refractivity contribution in [2.24, 2.45) is 5.92 Å². The van der Waals surface area contributed by atoms with Crippen molar-refractivity contribution >= 4 is 46.3 Å². The molecule has 0 heterocycles. The maximum absolute atomic E-state index is 13.7. The molecule has 0 aromatic heterocycles. The molecule has 0 N–H and O–H groups in total. The molecule has 0 aliphatic heterocycles. The zero-order valence-corrected chi connectivity index (χ0v) is 24.8. The fraction of sp³-hybridized carbons (Fsp3) is 0.357. The molecule has 0 saturated carbocycles. The SMILES string of the molecule is COC(=O)c1c(OC)cc(CC(C(=O)OC)C(=O)c2cccc(OC)c2I)c(C/C=C/COC(C)=O)c1OC. The Morgan fingerprint density at radius 2 is 1.62 bits per heavy atom. The third-order valence-corrected chi connectivity index (χ3v) is 6.91. The van der Waals surface area contributed by atoms with Gasteiger partial charge >= 0.3 is 17.9 Å². The first-order valence-electron chi connectivity index (χ1n) is 11.7. The molecule has 0 fully saturated rings. The van der Waals surface area contributed by atoms with Crippen molar-refractivity contribution in [3.8, 4) is 17.2 Å². The maximum Gasteiger partial charge on any atom is 0.345 e. The van der Waals surface area contributed by atoms with Crippen LogP contribution in [0.15, 0.2) is 36.4 Å². The van der Waals surface area contributed by atoms with Crippen molar-refractivity contribution in [1.29, 1.82) is 0 Å². The van der Waals surface area contributed by atoms with E-state index in [1.165, 1.54) is 42.5 Å². The summed E-state index contributed by atoms with van der Waals surface area (Å²) in [6, 6.07) is 6.57. The highest BCUT2D eigenvalue weighted by Crippen LogP contribution is 2.38. The molecular weight excluding hydrogens is 623 g/mol. The normalized spacial score (nSPS) is 11.5. The van der Waals surface area contributed by atoms with Gasteiger partial charge in [-0.15, -0.1) is 0 Å². The van der Waals surface area contributed by atoms with Gasteiger partial charge in [0, 0.05) is 18.1 Å². The van der Waals surface area contributed by atoms with Crippen molar-refractivity contribution in [1.82, 2.24) is 0 Å². The number of methoxy groups -OCH3 is 5. The molecule has 0 amide bonds. The Bertz CT molecular complexity index is 1250. The van der Waals surface area contributed by atoms with Gasteiger partial charge in [-0.2, -0.15) is 0 Å². The van der Waals surface area contributed by atoms with Gasteiger partial charge < -0.3 is 28.4 Å². The van der Waals surface area contributed by atoms with Crippen molar-refractivity contribution in [2.45, 2.75) is 19.8 Å². The fourth-order valence-electron chi connectivity index (χ4n) is 3.94. The Balaban J connectivity index is 2.68. The molecule has 0 aliphatic rings. The van der Waals surface area contributed by atoms with Crippen LogP contribution in [0.2, 0.25) is 0 Å². The zero-order valence-electron chi connectivity index (χ0n) is 22.6. The van der Waals surface area contributed by atoms with E-state index in [1.807, 2.05) is 22.6 Å². The number of benzene rings is 2. The summed E-state index contributed by atoms with van der Waals surface area (Å²) in [6.45, 7) is 1.35. The van der Waals surface area contributed by atoms with Gasteiger partial charge in [-0.25, -0.2) is 4.79 Å².